The SMILES string of the molecule is Cc1ccc(-c2nc3c(C)cc(C)cc3[nH]2)c(Cl)c1. The lowest BCUT2D eigenvalue weighted by Crippen LogP contribution is -1.83. The molecule has 0 amide bonds. The number of fused-ring (bicyclic) bond motifs is 1. The van der Waals surface area contributed by atoms with Gasteiger partial charge in [-0.25, -0.2) is 4.98 Å². The van der Waals surface area contributed by atoms with Gasteiger partial charge in [0.05, 0.1) is 16.1 Å². The molecule has 3 aromatic rings. The van der Waals surface area contributed by atoms with Gasteiger partial charge in [0.25, 0.3) is 0 Å². The number of nitrogens with zero attached hydrogens (tertiary/aromatic N) is 1. The van der Waals surface area contributed by atoms with E-state index in [0.29, 0.717) is 0 Å². The van der Waals surface area contributed by atoms with Crippen LogP contribution < -0.4 is 0 Å². The zero-order valence-corrected chi connectivity index (χ0v) is 12.0. The lowest BCUT2D eigenvalue weighted by Gasteiger charge is -2.01. The average Bonchev–Trinajstić information content (AvgIpc) is 2.72. The quantitative estimate of drug-likeness (QED) is 0.675. The second-order valence-corrected chi connectivity index (χ2v) is 5.45. The van der Waals surface area contributed by atoms with Crippen LogP contribution in [0.25, 0.3) is 22.4 Å². The summed E-state index contributed by atoms with van der Waals surface area (Å²) in [6, 6.07) is 10.3. The van der Waals surface area contributed by atoms with Crippen LogP contribution in [-0.2, 0) is 0 Å². The Balaban J connectivity index is 2.23. The molecule has 0 spiro atoms. The van der Waals surface area contributed by atoms with Crippen LogP contribution in [0.15, 0.2) is 30.3 Å². The molecule has 96 valence electrons. The van der Waals surface area contributed by atoms with Crippen molar-refractivity contribution in [3.8, 4) is 11.4 Å². The van der Waals surface area contributed by atoms with E-state index in [9.17, 15) is 0 Å². The molecule has 0 fully saturated rings. The number of aromatic nitrogens is 2. The van der Waals surface area contributed by atoms with Crippen molar-refractivity contribution in [2.75, 3.05) is 0 Å². The zero-order valence-electron chi connectivity index (χ0n) is 11.2. The number of H-pyrrole nitrogens is 1. The van der Waals surface area contributed by atoms with Crippen molar-refractivity contribution in [2.24, 2.45) is 0 Å². The summed E-state index contributed by atoms with van der Waals surface area (Å²) in [5.74, 6) is 0.828. The smallest absolute Gasteiger partial charge is 0.140 e. The number of nitrogens with one attached hydrogen (secondary N) is 1. The number of rotatable bonds is 1. The molecule has 0 aliphatic carbocycles. The molecule has 3 rings (SSSR count). The van der Waals surface area contributed by atoms with Crippen molar-refractivity contribution >= 4 is 22.6 Å². The summed E-state index contributed by atoms with van der Waals surface area (Å²) in [5.41, 5.74) is 6.58. The van der Waals surface area contributed by atoms with E-state index in [2.05, 4.69) is 35.9 Å². The molecule has 0 saturated carbocycles. The summed E-state index contributed by atoms with van der Waals surface area (Å²) < 4.78 is 0. The number of hydrogen-bond donors (Lipinski definition) is 1. The third-order valence-electron chi connectivity index (χ3n) is 3.30. The highest BCUT2D eigenvalue weighted by molar-refractivity contribution is 6.33. The van der Waals surface area contributed by atoms with Crippen molar-refractivity contribution in [2.45, 2.75) is 20.8 Å². The van der Waals surface area contributed by atoms with Gasteiger partial charge in [-0.05, 0) is 55.7 Å². The third-order valence-corrected chi connectivity index (χ3v) is 3.61. The fraction of sp³-hybridized carbons (Fsp3) is 0.188. The first-order chi connectivity index (χ1) is 9.04. The molecule has 0 radical (unpaired) electrons. The molecule has 0 atom stereocenters. The number of aromatic amines is 1. The standard InChI is InChI=1S/C16H15ClN2/c1-9-4-5-12(13(17)7-9)16-18-14-8-10(2)6-11(3)15(14)19-16/h4-8H,1-3H3,(H,18,19). The maximum absolute atomic E-state index is 6.30. The van der Waals surface area contributed by atoms with Gasteiger partial charge in [-0.1, -0.05) is 23.7 Å². The van der Waals surface area contributed by atoms with Gasteiger partial charge in [0.15, 0.2) is 0 Å². The van der Waals surface area contributed by atoms with Gasteiger partial charge >= 0.3 is 0 Å². The van der Waals surface area contributed by atoms with E-state index in [1.807, 2.05) is 25.1 Å². The van der Waals surface area contributed by atoms with E-state index in [1.54, 1.807) is 0 Å². The van der Waals surface area contributed by atoms with Crippen LogP contribution in [0.5, 0.6) is 0 Å². The first-order valence-electron chi connectivity index (χ1n) is 6.28. The lowest BCUT2D eigenvalue weighted by atomic mass is 10.1. The molecule has 2 aromatic carbocycles. The number of halogens is 1. The molecule has 0 aliphatic rings. The summed E-state index contributed by atoms with van der Waals surface area (Å²) in [6.45, 7) is 6.20. The van der Waals surface area contributed by atoms with Gasteiger partial charge in [0, 0.05) is 5.56 Å². The molecular formula is C16H15ClN2. The molecule has 1 aromatic heterocycles. The van der Waals surface area contributed by atoms with Gasteiger partial charge in [0.2, 0.25) is 0 Å². The molecule has 19 heavy (non-hydrogen) atoms. The van der Waals surface area contributed by atoms with E-state index in [1.165, 1.54) is 11.1 Å². The molecule has 1 N–H and O–H groups in total. The van der Waals surface area contributed by atoms with Gasteiger partial charge in [-0.2, -0.15) is 0 Å². The van der Waals surface area contributed by atoms with Gasteiger partial charge in [0.1, 0.15) is 5.82 Å². The van der Waals surface area contributed by atoms with Crippen LogP contribution in [0.3, 0.4) is 0 Å². The van der Waals surface area contributed by atoms with Crippen LogP contribution in [-0.4, -0.2) is 9.97 Å². The Morgan fingerprint density at radius 1 is 1.00 bits per heavy atom. The van der Waals surface area contributed by atoms with Gasteiger partial charge in [-0.3, -0.25) is 0 Å². The highest BCUT2D eigenvalue weighted by Gasteiger charge is 2.10. The molecule has 2 nitrogen and oxygen atoms in total. The minimum atomic E-state index is 0.730. The minimum Gasteiger partial charge on any atom is -0.338 e. The minimum absolute atomic E-state index is 0.730. The third kappa shape index (κ3) is 2.13. The van der Waals surface area contributed by atoms with E-state index in [0.717, 1.165) is 33.0 Å². The second kappa shape index (κ2) is 4.39. The molecule has 1 heterocycles. The maximum atomic E-state index is 6.30. The topological polar surface area (TPSA) is 28.7 Å². The maximum Gasteiger partial charge on any atom is 0.140 e. The highest BCUT2D eigenvalue weighted by Crippen LogP contribution is 2.29. The number of imidazole rings is 1. The Morgan fingerprint density at radius 2 is 1.79 bits per heavy atom. The van der Waals surface area contributed by atoms with E-state index < -0.39 is 0 Å². The van der Waals surface area contributed by atoms with Crippen LogP contribution in [0.2, 0.25) is 5.02 Å². The fourth-order valence-electron chi connectivity index (χ4n) is 2.41. The van der Waals surface area contributed by atoms with Crippen LogP contribution in [0, 0.1) is 20.8 Å². The van der Waals surface area contributed by atoms with Crippen molar-refractivity contribution in [1.82, 2.24) is 9.97 Å². The predicted octanol–water partition coefficient (Wildman–Crippen LogP) is 4.81. The molecule has 3 heteroatoms. The number of benzene rings is 2. The monoisotopic (exact) mass is 270 g/mol. The molecule has 0 saturated heterocycles. The molecule has 0 bridgehead atoms. The van der Waals surface area contributed by atoms with E-state index in [4.69, 9.17) is 11.6 Å². The Bertz CT molecular complexity index is 772. The normalized spacial score (nSPS) is 11.2. The average molecular weight is 271 g/mol. The summed E-state index contributed by atoms with van der Waals surface area (Å²) in [4.78, 5) is 8.03. The largest absolute Gasteiger partial charge is 0.338 e. The summed E-state index contributed by atoms with van der Waals surface area (Å²) in [6.07, 6.45) is 0. The first-order valence-corrected chi connectivity index (χ1v) is 6.66. The predicted molar refractivity (Wildman–Crippen MR) is 80.8 cm³/mol. The Morgan fingerprint density at radius 3 is 2.53 bits per heavy atom. The molecule has 0 unspecified atom stereocenters. The van der Waals surface area contributed by atoms with Crippen LogP contribution in [0.4, 0.5) is 0 Å². The highest BCUT2D eigenvalue weighted by atomic mass is 35.5. The fourth-order valence-corrected chi connectivity index (χ4v) is 2.74. The Labute approximate surface area is 117 Å². The summed E-state index contributed by atoms with van der Waals surface area (Å²) in [5, 5.41) is 0.730. The van der Waals surface area contributed by atoms with E-state index >= 15 is 0 Å². The van der Waals surface area contributed by atoms with Gasteiger partial charge < -0.3 is 4.98 Å². The van der Waals surface area contributed by atoms with Crippen molar-refractivity contribution in [3.05, 3.63) is 52.0 Å². The number of aryl methyl sites for hydroxylation is 3. The van der Waals surface area contributed by atoms with Crippen molar-refractivity contribution in [3.63, 3.8) is 0 Å². The van der Waals surface area contributed by atoms with Crippen LogP contribution in [0.1, 0.15) is 16.7 Å². The van der Waals surface area contributed by atoms with E-state index in [-0.39, 0.29) is 0 Å². The summed E-state index contributed by atoms with van der Waals surface area (Å²) in [7, 11) is 0. The van der Waals surface area contributed by atoms with Gasteiger partial charge in [-0.15, -0.1) is 0 Å². The van der Waals surface area contributed by atoms with Crippen LogP contribution >= 0.6 is 11.6 Å². The summed E-state index contributed by atoms with van der Waals surface area (Å²) >= 11 is 6.30. The first kappa shape index (κ1) is 12.2. The van der Waals surface area contributed by atoms with Crippen molar-refractivity contribution < 1.29 is 0 Å². The number of hydrogen-bond acceptors (Lipinski definition) is 1. The second-order valence-electron chi connectivity index (χ2n) is 5.05. The molecule has 0 aliphatic heterocycles. The van der Waals surface area contributed by atoms with Crippen molar-refractivity contribution in [1.29, 1.82) is 0 Å². The molecular weight excluding hydrogens is 256 g/mol. The zero-order chi connectivity index (χ0) is 13.6. The lowest BCUT2D eigenvalue weighted by molar-refractivity contribution is 1.32. The Kier molecular flexibility index (Phi) is 2.83. The Hall–Kier alpha value is -1.80.